The van der Waals surface area contributed by atoms with Crippen LogP contribution in [0.4, 0.5) is 4.79 Å². The molecule has 0 aliphatic carbocycles. The Labute approximate surface area is 106 Å². The molecule has 0 radical (unpaired) electrons. The molecule has 0 aromatic heterocycles. The zero-order valence-electron chi connectivity index (χ0n) is 10.3. The van der Waals surface area contributed by atoms with Crippen molar-refractivity contribution in [3.05, 3.63) is 35.4 Å². The Morgan fingerprint density at radius 2 is 1.89 bits per heavy atom. The molecule has 0 saturated carbocycles. The van der Waals surface area contributed by atoms with Crippen LogP contribution in [0.3, 0.4) is 0 Å². The largest absolute Gasteiger partial charge is 0.327 e. The van der Waals surface area contributed by atoms with Crippen molar-refractivity contribution in [3.63, 3.8) is 0 Å². The lowest BCUT2D eigenvalue weighted by Crippen LogP contribution is -2.49. The van der Waals surface area contributed by atoms with Crippen molar-refractivity contribution in [2.75, 3.05) is 6.54 Å². The number of hydrogen-bond acceptors (Lipinski definition) is 3. The third-order valence-corrected chi connectivity index (χ3v) is 3.23. The highest BCUT2D eigenvalue weighted by atomic mass is 16.2. The molecular weight excluding hydrogens is 230 g/mol. The monoisotopic (exact) mass is 247 g/mol. The lowest BCUT2D eigenvalue weighted by Gasteiger charge is -2.24. The average Bonchev–Trinajstić information content (AvgIpc) is 2.66. The van der Waals surface area contributed by atoms with Gasteiger partial charge < -0.3 is 11.1 Å². The molecule has 1 saturated heterocycles. The van der Waals surface area contributed by atoms with Crippen LogP contribution >= 0.6 is 0 Å². The van der Waals surface area contributed by atoms with Crippen LogP contribution in [0.5, 0.6) is 0 Å². The van der Waals surface area contributed by atoms with Gasteiger partial charge in [-0.1, -0.05) is 37.6 Å². The molecule has 4 N–H and O–H groups in total. The highest BCUT2D eigenvalue weighted by Gasteiger charge is 2.46. The second-order valence-electron chi connectivity index (χ2n) is 4.46. The molecule has 1 aromatic rings. The topological polar surface area (TPSA) is 84.2 Å². The molecule has 1 unspecified atom stereocenters. The van der Waals surface area contributed by atoms with Crippen molar-refractivity contribution in [3.8, 4) is 0 Å². The van der Waals surface area contributed by atoms with Crippen LogP contribution in [-0.4, -0.2) is 18.5 Å². The Morgan fingerprint density at radius 1 is 1.22 bits per heavy atom. The summed E-state index contributed by atoms with van der Waals surface area (Å²) in [5.41, 5.74) is 6.47. The van der Waals surface area contributed by atoms with Gasteiger partial charge in [0, 0.05) is 6.54 Å². The van der Waals surface area contributed by atoms with Crippen LogP contribution in [-0.2, 0) is 16.8 Å². The highest BCUT2D eigenvalue weighted by molar-refractivity contribution is 6.07. The summed E-state index contributed by atoms with van der Waals surface area (Å²) >= 11 is 0. The van der Waals surface area contributed by atoms with Crippen LogP contribution in [0.25, 0.3) is 0 Å². The number of aryl methyl sites for hydroxylation is 1. The number of imide groups is 1. The first-order chi connectivity index (χ1) is 8.62. The van der Waals surface area contributed by atoms with Crippen LogP contribution < -0.4 is 16.4 Å². The van der Waals surface area contributed by atoms with Gasteiger partial charge in [-0.2, -0.15) is 0 Å². The van der Waals surface area contributed by atoms with Gasteiger partial charge in [-0.3, -0.25) is 10.1 Å². The predicted molar refractivity (Wildman–Crippen MR) is 67.8 cm³/mol. The number of nitrogens with one attached hydrogen (secondary N) is 2. The summed E-state index contributed by atoms with van der Waals surface area (Å²) in [6.45, 7) is 2.15. The Balaban J connectivity index is 2.33. The maximum absolute atomic E-state index is 11.9. The molecule has 1 atom stereocenters. The lowest BCUT2D eigenvalue weighted by molar-refractivity contribution is -0.123. The molecule has 0 bridgehead atoms. The van der Waals surface area contributed by atoms with E-state index in [0.717, 1.165) is 12.8 Å². The molecule has 5 nitrogen and oxygen atoms in total. The van der Waals surface area contributed by atoms with Gasteiger partial charge in [0.25, 0.3) is 5.91 Å². The summed E-state index contributed by atoms with van der Waals surface area (Å²) in [5.74, 6) is -0.391. The maximum Gasteiger partial charge on any atom is 0.322 e. The minimum atomic E-state index is -1.12. The van der Waals surface area contributed by atoms with Crippen molar-refractivity contribution in [2.24, 2.45) is 5.73 Å². The second-order valence-corrected chi connectivity index (χ2v) is 4.46. The van der Waals surface area contributed by atoms with E-state index < -0.39 is 17.5 Å². The van der Waals surface area contributed by atoms with Crippen molar-refractivity contribution < 1.29 is 9.59 Å². The van der Waals surface area contributed by atoms with E-state index in [9.17, 15) is 9.59 Å². The molecule has 96 valence electrons. The molecule has 2 rings (SSSR count). The normalized spacial score (nSPS) is 22.8. The number of carbonyl (C=O) groups excluding carboxylic acids is 2. The summed E-state index contributed by atoms with van der Waals surface area (Å²) in [7, 11) is 0. The molecule has 0 spiro atoms. The molecule has 1 aliphatic heterocycles. The number of rotatable bonds is 4. The molecule has 5 heteroatoms. The predicted octanol–water partition coefficient (Wildman–Crippen LogP) is 0.633. The number of carbonyl (C=O) groups is 2. The molecule has 18 heavy (non-hydrogen) atoms. The van der Waals surface area contributed by atoms with Crippen LogP contribution in [0.1, 0.15) is 24.5 Å². The smallest absolute Gasteiger partial charge is 0.322 e. The van der Waals surface area contributed by atoms with E-state index in [0.29, 0.717) is 5.56 Å². The maximum atomic E-state index is 11.9. The number of benzene rings is 1. The quantitative estimate of drug-likeness (QED) is 0.682. The van der Waals surface area contributed by atoms with Gasteiger partial charge in [-0.05, 0) is 17.5 Å². The van der Waals surface area contributed by atoms with E-state index >= 15 is 0 Å². The molecule has 3 amide bonds. The van der Waals surface area contributed by atoms with E-state index in [-0.39, 0.29) is 6.54 Å². The number of nitrogens with two attached hydrogens (primary N) is 1. The van der Waals surface area contributed by atoms with Crippen LogP contribution in [0.15, 0.2) is 24.3 Å². The van der Waals surface area contributed by atoms with Crippen LogP contribution in [0.2, 0.25) is 0 Å². The summed E-state index contributed by atoms with van der Waals surface area (Å²) in [4.78, 5) is 23.1. The number of hydrogen-bond donors (Lipinski definition) is 3. The van der Waals surface area contributed by atoms with Crippen molar-refractivity contribution in [1.29, 1.82) is 0 Å². The van der Waals surface area contributed by atoms with E-state index in [2.05, 4.69) is 17.6 Å². The summed E-state index contributed by atoms with van der Waals surface area (Å²) in [6, 6.07) is 7.14. The van der Waals surface area contributed by atoms with Crippen molar-refractivity contribution in [1.82, 2.24) is 10.6 Å². The average molecular weight is 247 g/mol. The summed E-state index contributed by atoms with van der Waals surface area (Å²) in [6.07, 6.45) is 2.06. The van der Waals surface area contributed by atoms with Gasteiger partial charge in [0.15, 0.2) is 5.54 Å². The first-order valence-electron chi connectivity index (χ1n) is 6.05. The number of amides is 3. The molecular formula is C13H17N3O2. The Kier molecular flexibility index (Phi) is 3.34. The minimum Gasteiger partial charge on any atom is -0.327 e. The first kappa shape index (κ1) is 12.6. The van der Waals surface area contributed by atoms with Crippen molar-refractivity contribution in [2.45, 2.75) is 25.3 Å². The van der Waals surface area contributed by atoms with Crippen LogP contribution in [0, 0.1) is 0 Å². The lowest BCUT2D eigenvalue weighted by atomic mass is 9.89. The molecule has 1 fully saturated rings. The van der Waals surface area contributed by atoms with E-state index in [1.54, 1.807) is 0 Å². The van der Waals surface area contributed by atoms with Gasteiger partial charge in [0.1, 0.15) is 0 Å². The summed E-state index contributed by atoms with van der Waals surface area (Å²) < 4.78 is 0. The van der Waals surface area contributed by atoms with Gasteiger partial charge in [-0.25, -0.2) is 4.79 Å². The standard InChI is InChI=1S/C13H17N3O2/c1-2-3-9-4-6-10(7-5-9)13(8-14)11(17)15-12(18)16-13/h4-7H,2-3,8,14H2,1H3,(H2,15,16,17,18). The fourth-order valence-electron chi connectivity index (χ4n) is 2.20. The minimum absolute atomic E-state index is 0.0394. The fraction of sp³-hybridized carbons (Fsp3) is 0.385. The number of urea groups is 1. The first-order valence-corrected chi connectivity index (χ1v) is 6.05. The van der Waals surface area contributed by atoms with Gasteiger partial charge in [0.2, 0.25) is 0 Å². The Morgan fingerprint density at radius 3 is 2.33 bits per heavy atom. The van der Waals surface area contributed by atoms with Gasteiger partial charge in [-0.15, -0.1) is 0 Å². The molecule has 1 aliphatic rings. The third-order valence-electron chi connectivity index (χ3n) is 3.23. The highest BCUT2D eigenvalue weighted by Crippen LogP contribution is 2.24. The van der Waals surface area contributed by atoms with Gasteiger partial charge in [0.05, 0.1) is 0 Å². The van der Waals surface area contributed by atoms with Crippen molar-refractivity contribution >= 4 is 11.9 Å². The Bertz CT molecular complexity index is 470. The third kappa shape index (κ3) is 1.97. The van der Waals surface area contributed by atoms with E-state index in [1.165, 1.54) is 5.56 Å². The zero-order chi connectivity index (χ0) is 13.2. The second kappa shape index (κ2) is 4.78. The zero-order valence-corrected chi connectivity index (χ0v) is 10.3. The van der Waals surface area contributed by atoms with E-state index in [4.69, 9.17) is 5.73 Å². The molecule has 1 heterocycles. The van der Waals surface area contributed by atoms with E-state index in [1.807, 2.05) is 24.3 Å². The fourth-order valence-corrected chi connectivity index (χ4v) is 2.20. The SMILES string of the molecule is CCCc1ccc(C2(CN)NC(=O)NC2=O)cc1. The summed E-state index contributed by atoms with van der Waals surface area (Å²) in [5, 5.41) is 4.84. The van der Waals surface area contributed by atoms with Gasteiger partial charge >= 0.3 is 6.03 Å². The molecule has 1 aromatic carbocycles. The Hall–Kier alpha value is -1.88.